The van der Waals surface area contributed by atoms with E-state index in [4.69, 9.17) is 10.5 Å². The van der Waals surface area contributed by atoms with Crippen molar-refractivity contribution < 1.29 is 13.9 Å². The number of rotatable bonds is 4. The van der Waals surface area contributed by atoms with Crippen LogP contribution in [0.3, 0.4) is 0 Å². The molecule has 0 radical (unpaired) electrons. The summed E-state index contributed by atoms with van der Waals surface area (Å²) in [6.07, 6.45) is 0. The smallest absolute Gasteiger partial charge is 0.234 e. The average molecular weight is 226 g/mol. The molecule has 1 atom stereocenters. The highest BCUT2D eigenvalue weighted by Gasteiger charge is 2.17. The van der Waals surface area contributed by atoms with Crippen molar-refractivity contribution in [2.45, 2.75) is 13.0 Å². The molecule has 3 N–H and O–H groups in total. The molecule has 5 heteroatoms. The van der Waals surface area contributed by atoms with Gasteiger partial charge in [-0.1, -0.05) is 6.07 Å². The van der Waals surface area contributed by atoms with Gasteiger partial charge in [-0.3, -0.25) is 4.79 Å². The van der Waals surface area contributed by atoms with Gasteiger partial charge in [-0.15, -0.1) is 0 Å². The number of ether oxygens (including phenoxy) is 1. The largest absolute Gasteiger partial charge is 0.496 e. The van der Waals surface area contributed by atoms with Gasteiger partial charge < -0.3 is 15.8 Å². The molecule has 0 heterocycles. The van der Waals surface area contributed by atoms with Crippen LogP contribution in [0.25, 0.3) is 0 Å². The van der Waals surface area contributed by atoms with Crippen LogP contribution >= 0.6 is 0 Å². The van der Waals surface area contributed by atoms with E-state index in [0.717, 1.165) is 0 Å². The normalized spacial score (nSPS) is 12.0. The predicted octanol–water partition coefficient (Wildman–Crippen LogP) is 0.970. The van der Waals surface area contributed by atoms with Crippen molar-refractivity contribution in [1.29, 1.82) is 0 Å². The van der Waals surface area contributed by atoms with Gasteiger partial charge in [0.2, 0.25) is 5.91 Å². The summed E-state index contributed by atoms with van der Waals surface area (Å²) >= 11 is 0. The van der Waals surface area contributed by atoms with Gasteiger partial charge >= 0.3 is 0 Å². The van der Waals surface area contributed by atoms with E-state index in [1.807, 2.05) is 0 Å². The third-order valence-electron chi connectivity index (χ3n) is 2.23. The SMILES string of the molecule is COc1cccc(F)c1C(C)NC(=O)CN. The first-order valence-corrected chi connectivity index (χ1v) is 4.92. The van der Waals surface area contributed by atoms with Crippen molar-refractivity contribution >= 4 is 5.91 Å². The molecule has 1 rings (SSSR count). The van der Waals surface area contributed by atoms with Crippen LogP contribution in [0.2, 0.25) is 0 Å². The Morgan fingerprint density at radius 1 is 1.62 bits per heavy atom. The fourth-order valence-corrected chi connectivity index (χ4v) is 1.49. The fourth-order valence-electron chi connectivity index (χ4n) is 1.49. The first-order valence-electron chi connectivity index (χ1n) is 4.92. The maximum atomic E-state index is 13.6. The second kappa shape index (κ2) is 5.46. The Hall–Kier alpha value is -1.62. The standard InChI is InChI=1S/C11H15FN2O2/c1-7(14-10(15)6-13)11-8(12)4-3-5-9(11)16-2/h3-5,7H,6,13H2,1-2H3,(H,14,15). The lowest BCUT2D eigenvalue weighted by Gasteiger charge is -2.17. The van der Waals surface area contributed by atoms with Gasteiger partial charge in [0.25, 0.3) is 0 Å². The van der Waals surface area contributed by atoms with Crippen molar-refractivity contribution in [2.24, 2.45) is 5.73 Å². The number of amides is 1. The van der Waals surface area contributed by atoms with Gasteiger partial charge in [-0.2, -0.15) is 0 Å². The number of halogens is 1. The number of hydrogen-bond donors (Lipinski definition) is 2. The van der Waals surface area contributed by atoms with E-state index in [9.17, 15) is 9.18 Å². The fraction of sp³-hybridized carbons (Fsp3) is 0.364. The molecule has 0 saturated heterocycles. The van der Waals surface area contributed by atoms with E-state index < -0.39 is 11.9 Å². The van der Waals surface area contributed by atoms with Gasteiger partial charge in [0.05, 0.1) is 25.3 Å². The minimum Gasteiger partial charge on any atom is -0.496 e. The van der Waals surface area contributed by atoms with E-state index in [1.165, 1.54) is 13.2 Å². The van der Waals surface area contributed by atoms with Crippen molar-refractivity contribution in [3.8, 4) is 5.75 Å². The van der Waals surface area contributed by atoms with E-state index in [-0.39, 0.29) is 12.5 Å². The molecular formula is C11H15FN2O2. The van der Waals surface area contributed by atoms with Crippen LogP contribution in [0.4, 0.5) is 4.39 Å². The molecule has 0 aliphatic rings. The number of hydrogen-bond acceptors (Lipinski definition) is 3. The highest BCUT2D eigenvalue weighted by molar-refractivity contribution is 5.78. The zero-order valence-corrected chi connectivity index (χ0v) is 9.29. The molecule has 4 nitrogen and oxygen atoms in total. The molecule has 0 bridgehead atoms. The number of methoxy groups -OCH3 is 1. The van der Waals surface area contributed by atoms with Crippen LogP contribution in [0, 0.1) is 5.82 Å². The molecule has 1 aromatic carbocycles. The molecule has 1 aromatic rings. The summed E-state index contributed by atoms with van der Waals surface area (Å²) in [6, 6.07) is 4.04. The number of nitrogens with two attached hydrogens (primary N) is 1. The van der Waals surface area contributed by atoms with Crippen LogP contribution < -0.4 is 15.8 Å². The van der Waals surface area contributed by atoms with Crippen molar-refractivity contribution in [2.75, 3.05) is 13.7 Å². The van der Waals surface area contributed by atoms with Crippen LogP contribution in [-0.4, -0.2) is 19.6 Å². The molecule has 16 heavy (non-hydrogen) atoms. The molecule has 0 aromatic heterocycles. The molecular weight excluding hydrogens is 211 g/mol. The summed E-state index contributed by atoms with van der Waals surface area (Å²) in [5.41, 5.74) is 5.50. The Bertz CT molecular complexity index is 382. The second-order valence-electron chi connectivity index (χ2n) is 3.35. The van der Waals surface area contributed by atoms with E-state index in [0.29, 0.717) is 11.3 Å². The maximum Gasteiger partial charge on any atom is 0.234 e. The van der Waals surface area contributed by atoms with Gasteiger partial charge in [0, 0.05) is 0 Å². The lowest BCUT2D eigenvalue weighted by atomic mass is 10.1. The lowest BCUT2D eigenvalue weighted by Crippen LogP contribution is -2.32. The molecule has 1 amide bonds. The molecule has 1 unspecified atom stereocenters. The summed E-state index contributed by atoms with van der Waals surface area (Å²) < 4.78 is 18.6. The summed E-state index contributed by atoms with van der Waals surface area (Å²) in [5, 5.41) is 2.58. The Labute approximate surface area is 93.6 Å². The van der Waals surface area contributed by atoms with Crippen LogP contribution in [-0.2, 0) is 4.79 Å². The maximum absolute atomic E-state index is 13.6. The lowest BCUT2D eigenvalue weighted by molar-refractivity contribution is -0.120. The minimum absolute atomic E-state index is 0.124. The van der Waals surface area contributed by atoms with Crippen LogP contribution in [0.1, 0.15) is 18.5 Å². The predicted molar refractivity (Wildman–Crippen MR) is 58.6 cm³/mol. The Morgan fingerprint density at radius 3 is 2.88 bits per heavy atom. The number of benzene rings is 1. The Morgan fingerprint density at radius 2 is 2.31 bits per heavy atom. The Kier molecular flexibility index (Phi) is 4.25. The Balaban J connectivity index is 2.97. The van der Waals surface area contributed by atoms with Crippen LogP contribution in [0.15, 0.2) is 18.2 Å². The molecule has 0 saturated carbocycles. The molecule has 88 valence electrons. The van der Waals surface area contributed by atoms with Gasteiger partial charge in [0.1, 0.15) is 11.6 Å². The molecule has 0 aliphatic carbocycles. The first kappa shape index (κ1) is 12.4. The zero-order chi connectivity index (χ0) is 12.1. The van der Waals surface area contributed by atoms with Crippen LogP contribution in [0.5, 0.6) is 5.75 Å². The summed E-state index contributed by atoms with van der Waals surface area (Å²) in [5.74, 6) is -0.341. The average Bonchev–Trinajstić information content (AvgIpc) is 2.28. The van der Waals surface area contributed by atoms with Gasteiger partial charge in [-0.25, -0.2) is 4.39 Å². The van der Waals surface area contributed by atoms with Crippen molar-refractivity contribution in [3.63, 3.8) is 0 Å². The van der Waals surface area contributed by atoms with E-state index in [1.54, 1.807) is 19.1 Å². The highest BCUT2D eigenvalue weighted by atomic mass is 19.1. The molecule has 0 spiro atoms. The monoisotopic (exact) mass is 226 g/mol. The number of carbonyl (C=O) groups excluding carboxylic acids is 1. The second-order valence-corrected chi connectivity index (χ2v) is 3.35. The summed E-state index contributed by atoms with van der Waals surface area (Å²) in [7, 11) is 1.45. The molecule has 0 aliphatic heterocycles. The van der Waals surface area contributed by atoms with E-state index in [2.05, 4.69) is 5.32 Å². The van der Waals surface area contributed by atoms with E-state index >= 15 is 0 Å². The van der Waals surface area contributed by atoms with Crippen molar-refractivity contribution in [1.82, 2.24) is 5.32 Å². The highest BCUT2D eigenvalue weighted by Crippen LogP contribution is 2.27. The summed E-state index contributed by atoms with van der Waals surface area (Å²) in [6.45, 7) is 1.55. The zero-order valence-electron chi connectivity index (χ0n) is 9.29. The minimum atomic E-state index is -0.479. The van der Waals surface area contributed by atoms with Crippen molar-refractivity contribution in [3.05, 3.63) is 29.6 Å². The summed E-state index contributed by atoms with van der Waals surface area (Å²) in [4.78, 5) is 11.1. The molecule has 0 fully saturated rings. The van der Waals surface area contributed by atoms with Gasteiger partial charge in [0.15, 0.2) is 0 Å². The van der Waals surface area contributed by atoms with Gasteiger partial charge in [-0.05, 0) is 19.1 Å². The number of nitrogens with one attached hydrogen (secondary N) is 1. The number of carbonyl (C=O) groups is 1. The third kappa shape index (κ3) is 2.70. The quantitative estimate of drug-likeness (QED) is 0.804. The first-order chi connectivity index (χ1) is 7.60. The third-order valence-corrected chi connectivity index (χ3v) is 2.23. The topological polar surface area (TPSA) is 64.3 Å².